The van der Waals surface area contributed by atoms with Gasteiger partial charge in [0.2, 0.25) is 5.91 Å². The van der Waals surface area contributed by atoms with Crippen molar-refractivity contribution in [1.82, 2.24) is 4.90 Å². The van der Waals surface area contributed by atoms with Gasteiger partial charge in [-0.15, -0.1) is 12.3 Å². The molecule has 1 aromatic carbocycles. The van der Waals surface area contributed by atoms with Crippen LogP contribution in [0, 0.1) is 12.3 Å². The second kappa shape index (κ2) is 6.44. The zero-order chi connectivity index (χ0) is 16.3. The third-order valence-corrected chi connectivity index (χ3v) is 4.29. The Kier molecular flexibility index (Phi) is 4.81. The van der Waals surface area contributed by atoms with Crippen LogP contribution in [0.3, 0.4) is 0 Å². The van der Waals surface area contributed by atoms with E-state index >= 15 is 0 Å². The molecule has 1 aromatic rings. The minimum atomic E-state index is -4.57. The maximum atomic E-state index is 13.0. The number of unbranched alkanes of at least 4 members (excludes halogenated alkanes) is 1. The van der Waals surface area contributed by atoms with Gasteiger partial charge in [0, 0.05) is 13.0 Å². The first kappa shape index (κ1) is 16.4. The Morgan fingerprint density at radius 2 is 1.95 bits per heavy atom. The van der Waals surface area contributed by atoms with Crippen molar-refractivity contribution in [1.29, 1.82) is 0 Å². The van der Waals surface area contributed by atoms with Crippen LogP contribution in [0.1, 0.15) is 29.2 Å². The summed E-state index contributed by atoms with van der Waals surface area (Å²) in [6.07, 6.45) is 1.36. The van der Waals surface area contributed by atoms with Gasteiger partial charge in [0.15, 0.2) is 0 Å². The number of benzene rings is 1. The van der Waals surface area contributed by atoms with Crippen LogP contribution in [-0.2, 0) is 11.0 Å². The number of carbonyl (C=O) groups excluding carboxylic acids is 2. The lowest BCUT2D eigenvalue weighted by atomic mass is 10.0. The van der Waals surface area contributed by atoms with Crippen molar-refractivity contribution in [2.45, 2.75) is 24.3 Å². The lowest BCUT2D eigenvalue weighted by molar-refractivity contribution is -0.138. The molecule has 3 nitrogen and oxygen atoms in total. The van der Waals surface area contributed by atoms with Crippen LogP contribution >= 0.6 is 11.8 Å². The largest absolute Gasteiger partial charge is 0.416 e. The van der Waals surface area contributed by atoms with Gasteiger partial charge in [-0.1, -0.05) is 18.2 Å². The number of hydrogen-bond acceptors (Lipinski definition) is 3. The molecule has 1 saturated heterocycles. The van der Waals surface area contributed by atoms with E-state index in [9.17, 15) is 22.8 Å². The first-order valence-corrected chi connectivity index (χ1v) is 7.36. The number of terminal acetylenes is 1. The molecule has 0 radical (unpaired) electrons. The number of rotatable bonds is 4. The molecule has 1 fully saturated rings. The van der Waals surface area contributed by atoms with Crippen LogP contribution in [0.4, 0.5) is 18.0 Å². The molecule has 116 valence electrons. The second-order valence-electron chi connectivity index (χ2n) is 4.65. The highest BCUT2D eigenvalue weighted by molar-refractivity contribution is 8.15. The second-order valence-corrected chi connectivity index (χ2v) is 5.70. The molecule has 1 aliphatic rings. The summed E-state index contributed by atoms with van der Waals surface area (Å²) >= 11 is 0.609. The van der Waals surface area contributed by atoms with Crippen molar-refractivity contribution >= 4 is 22.9 Å². The van der Waals surface area contributed by atoms with Crippen molar-refractivity contribution < 1.29 is 22.8 Å². The van der Waals surface area contributed by atoms with Gasteiger partial charge in [-0.2, -0.15) is 13.2 Å². The number of imide groups is 1. The zero-order valence-corrected chi connectivity index (χ0v) is 12.2. The van der Waals surface area contributed by atoms with Crippen molar-refractivity contribution in [2.75, 3.05) is 6.54 Å². The minimum absolute atomic E-state index is 0.125. The average Bonchev–Trinajstić information content (AvgIpc) is 2.74. The topological polar surface area (TPSA) is 37.4 Å². The lowest BCUT2D eigenvalue weighted by Gasteiger charge is -2.16. The van der Waals surface area contributed by atoms with Gasteiger partial charge in [-0.05, 0) is 29.8 Å². The molecule has 0 saturated carbocycles. The number of nitrogens with zero attached hydrogens (tertiary/aromatic N) is 1. The highest BCUT2D eigenvalue weighted by Gasteiger charge is 2.44. The summed E-state index contributed by atoms with van der Waals surface area (Å²) in [6.45, 7) is 0.125. The number of amides is 2. The first-order valence-electron chi connectivity index (χ1n) is 6.48. The molecule has 22 heavy (non-hydrogen) atoms. The Labute approximate surface area is 129 Å². The molecule has 1 atom stereocenters. The smallest absolute Gasteiger partial charge is 0.273 e. The van der Waals surface area contributed by atoms with Gasteiger partial charge in [-0.25, -0.2) is 0 Å². The third-order valence-electron chi connectivity index (χ3n) is 3.18. The van der Waals surface area contributed by atoms with E-state index in [1.54, 1.807) is 0 Å². The standard InChI is InChI=1S/C15H12F3NO2S/c1-2-3-6-9-19-13(20)12(22-14(19)21)10-7-4-5-8-11(10)15(16,17)18/h1,4-5,7-8,12H,3,6,9H2. The zero-order valence-electron chi connectivity index (χ0n) is 11.4. The number of halogens is 3. The molecule has 7 heteroatoms. The van der Waals surface area contributed by atoms with Gasteiger partial charge >= 0.3 is 6.18 Å². The van der Waals surface area contributed by atoms with Crippen molar-refractivity contribution in [3.05, 3.63) is 35.4 Å². The Morgan fingerprint density at radius 1 is 1.27 bits per heavy atom. The molecular formula is C15H12F3NO2S. The summed E-state index contributed by atoms with van der Waals surface area (Å²) in [7, 11) is 0. The molecule has 0 aromatic heterocycles. The molecule has 1 unspecified atom stereocenters. The Balaban J connectivity index is 2.27. The third kappa shape index (κ3) is 3.28. The van der Waals surface area contributed by atoms with Crippen molar-refractivity contribution in [3.63, 3.8) is 0 Å². The fourth-order valence-corrected chi connectivity index (χ4v) is 3.24. The molecule has 0 spiro atoms. The number of carbonyl (C=O) groups is 2. The molecule has 1 aliphatic heterocycles. The minimum Gasteiger partial charge on any atom is -0.273 e. The summed E-state index contributed by atoms with van der Waals surface area (Å²) in [6, 6.07) is 4.82. The Hall–Kier alpha value is -1.94. The first-order chi connectivity index (χ1) is 10.4. The highest BCUT2D eigenvalue weighted by atomic mass is 32.2. The van der Waals surface area contributed by atoms with E-state index in [1.165, 1.54) is 18.2 Å². The predicted molar refractivity (Wildman–Crippen MR) is 77.0 cm³/mol. The van der Waals surface area contributed by atoms with Crippen LogP contribution in [0.25, 0.3) is 0 Å². The SMILES string of the molecule is C#CCCCN1C(=O)SC(c2ccccc2C(F)(F)F)C1=O. The van der Waals surface area contributed by atoms with E-state index in [0.717, 1.165) is 11.0 Å². The molecular weight excluding hydrogens is 315 g/mol. The number of hydrogen-bond donors (Lipinski definition) is 0. The van der Waals surface area contributed by atoms with E-state index in [-0.39, 0.29) is 12.1 Å². The van der Waals surface area contributed by atoms with E-state index < -0.39 is 28.1 Å². The summed E-state index contributed by atoms with van der Waals surface area (Å²) in [5, 5.41) is -1.69. The summed E-state index contributed by atoms with van der Waals surface area (Å²) < 4.78 is 39.1. The normalized spacial score (nSPS) is 18.6. The predicted octanol–water partition coefficient (Wildman–Crippen LogP) is 3.86. The van der Waals surface area contributed by atoms with Gasteiger partial charge in [0.05, 0.1) is 5.56 Å². The van der Waals surface area contributed by atoms with Crippen molar-refractivity contribution in [2.24, 2.45) is 0 Å². The molecule has 0 bridgehead atoms. The molecule has 2 rings (SSSR count). The van der Waals surface area contributed by atoms with Gasteiger partial charge < -0.3 is 0 Å². The van der Waals surface area contributed by atoms with Gasteiger partial charge in [0.25, 0.3) is 5.24 Å². The quantitative estimate of drug-likeness (QED) is 0.622. The number of alkyl halides is 3. The molecule has 2 amide bonds. The van der Waals surface area contributed by atoms with E-state index in [0.29, 0.717) is 24.6 Å². The van der Waals surface area contributed by atoms with E-state index in [4.69, 9.17) is 6.42 Å². The van der Waals surface area contributed by atoms with Crippen LogP contribution in [0.5, 0.6) is 0 Å². The Bertz CT molecular complexity index is 636. The summed E-state index contributed by atoms with van der Waals surface area (Å²) in [5.41, 5.74) is -1.07. The maximum absolute atomic E-state index is 13.0. The fraction of sp³-hybridized carbons (Fsp3) is 0.333. The average molecular weight is 327 g/mol. The monoisotopic (exact) mass is 327 g/mol. The van der Waals surface area contributed by atoms with Crippen LogP contribution in [-0.4, -0.2) is 22.6 Å². The maximum Gasteiger partial charge on any atom is 0.416 e. The summed E-state index contributed by atoms with van der Waals surface area (Å²) in [4.78, 5) is 25.1. The van der Waals surface area contributed by atoms with E-state index in [1.807, 2.05) is 0 Å². The van der Waals surface area contributed by atoms with Crippen LogP contribution in [0.2, 0.25) is 0 Å². The van der Waals surface area contributed by atoms with Crippen LogP contribution < -0.4 is 0 Å². The van der Waals surface area contributed by atoms with E-state index in [2.05, 4.69) is 5.92 Å². The van der Waals surface area contributed by atoms with Gasteiger partial charge in [0.1, 0.15) is 5.25 Å². The van der Waals surface area contributed by atoms with Crippen LogP contribution in [0.15, 0.2) is 24.3 Å². The molecule has 1 heterocycles. The Morgan fingerprint density at radius 3 is 2.59 bits per heavy atom. The number of thioether (sulfide) groups is 1. The van der Waals surface area contributed by atoms with Crippen molar-refractivity contribution in [3.8, 4) is 12.3 Å². The highest BCUT2D eigenvalue weighted by Crippen LogP contribution is 2.44. The van der Waals surface area contributed by atoms with Gasteiger partial charge in [-0.3, -0.25) is 14.5 Å². The lowest BCUT2D eigenvalue weighted by Crippen LogP contribution is -2.30. The summed E-state index contributed by atoms with van der Waals surface area (Å²) in [5.74, 6) is 1.77. The molecule has 0 aliphatic carbocycles. The fourth-order valence-electron chi connectivity index (χ4n) is 2.17. The molecule has 0 N–H and O–H groups in total.